The van der Waals surface area contributed by atoms with E-state index in [1.54, 1.807) is 0 Å². The average Bonchev–Trinajstić information content (AvgIpc) is 3.40. The maximum absolute atomic E-state index is 12.3. The van der Waals surface area contributed by atoms with Crippen LogP contribution in [0.2, 0.25) is 0 Å². The molecule has 1 aliphatic rings. The Bertz CT molecular complexity index is 1150. The molecule has 0 spiro atoms. The van der Waals surface area contributed by atoms with Crippen molar-refractivity contribution in [2.24, 2.45) is 0 Å². The number of ether oxygens (including phenoxy) is 2. The molecule has 10 nitrogen and oxygen atoms in total. The molecule has 1 unspecified atom stereocenters. The highest BCUT2D eigenvalue weighted by molar-refractivity contribution is 5.94. The summed E-state index contributed by atoms with van der Waals surface area (Å²) in [5.74, 6) is -1.77. The van der Waals surface area contributed by atoms with Crippen LogP contribution in [0, 0.1) is 0 Å². The molecule has 0 aliphatic heterocycles. The lowest BCUT2D eigenvalue weighted by Gasteiger charge is -2.14. The summed E-state index contributed by atoms with van der Waals surface area (Å²) < 4.78 is 10.2. The minimum atomic E-state index is -1.19. The highest BCUT2D eigenvalue weighted by Gasteiger charge is 2.29. The smallest absolute Gasteiger partial charge is 0.412 e. The lowest BCUT2D eigenvalue weighted by Crippen LogP contribution is -2.37. The van der Waals surface area contributed by atoms with E-state index < -0.39 is 24.1 Å². The third-order valence-corrected chi connectivity index (χ3v) is 5.40. The molecule has 0 radical (unpaired) electrons. The van der Waals surface area contributed by atoms with Gasteiger partial charge in [-0.25, -0.2) is 9.59 Å². The Balaban J connectivity index is 1.34. The number of carbonyl (C=O) groups is 3. The second-order valence-electron chi connectivity index (χ2n) is 7.39. The molecule has 4 N–H and O–H groups in total. The number of anilines is 1. The molecular weight excluding hydrogens is 428 g/mol. The summed E-state index contributed by atoms with van der Waals surface area (Å²) in [7, 11) is 1.23. The minimum Gasteiger partial charge on any atom is -0.479 e. The van der Waals surface area contributed by atoms with E-state index in [9.17, 15) is 14.4 Å². The van der Waals surface area contributed by atoms with Crippen molar-refractivity contribution in [3.8, 4) is 11.1 Å². The van der Waals surface area contributed by atoms with Crippen molar-refractivity contribution in [2.45, 2.75) is 12.0 Å². The summed E-state index contributed by atoms with van der Waals surface area (Å²) in [4.78, 5) is 35.4. The number of aliphatic carboxylic acids is 1. The van der Waals surface area contributed by atoms with Crippen molar-refractivity contribution in [1.82, 2.24) is 15.5 Å². The molecule has 1 heterocycles. The van der Waals surface area contributed by atoms with Crippen molar-refractivity contribution in [1.29, 1.82) is 0 Å². The van der Waals surface area contributed by atoms with Gasteiger partial charge in [0.05, 0.1) is 6.54 Å². The topological polar surface area (TPSA) is 143 Å². The van der Waals surface area contributed by atoms with Crippen LogP contribution >= 0.6 is 0 Å². The molecule has 0 saturated heterocycles. The molecule has 33 heavy (non-hydrogen) atoms. The number of hydrogen-bond acceptors (Lipinski definition) is 6. The Morgan fingerprint density at radius 1 is 1.09 bits per heavy atom. The van der Waals surface area contributed by atoms with E-state index in [1.807, 2.05) is 36.4 Å². The number of rotatable bonds is 8. The molecule has 4 rings (SSSR count). The van der Waals surface area contributed by atoms with Crippen molar-refractivity contribution in [3.63, 3.8) is 0 Å². The molecule has 3 aromatic rings. The van der Waals surface area contributed by atoms with Gasteiger partial charge in [0.15, 0.2) is 11.9 Å². The number of methoxy groups -OCH3 is 1. The van der Waals surface area contributed by atoms with E-state index in [-0.39, 0.29) is 30.6 Å². The van der Waals surface area contributed by atoms with E-state index in [1.165, 1.54) is 13.2 Å². The van der Waals surface area contributed by atoms with Crippen LogP contribution in [-0.2, 0) is 14.3 Å². The van der Waals surface area contributed by atoms with E-state index in [2.05, 4.69) is 33.0 Å². The Labute approximate surface area is 188 Å². The maximum Gasteiger partial charge on any atom is 0.412 e. The zero-order valence-corrected chi connectivity index (χ0v) is 17.7. The molecule has 0 bridgehead atoms. The van der Waals surface area contributed by atoms with E-state index in [0.29, 0.717) is 0 Å². The Kier molecular flexibility index (Phi) is 6.36. The maximum atomic E-state index is 12.3. The fourth-order valence-electron chi connectivity index (χ4n) is 3.79. The van der Waals surface area contributed by atoms with Crippen LogP contribution in [0.25, 0.3) is 11.1 Å². The quantitative estimate of drug-likeness (QED) is 0.413. The molecule has 1 aromatic heterocycles. The van der Waals surface area contributed by atoms with Crippen molar-refractivity contribution in [2.75, 3.05) is 25.6 Å². The van der Waals surface area contributed by atoms with Crippen LogP contribution in [0.5, 0.6) is 0 Å². The molecule has 0 saturated carbocycles. The van der Waals surface area contributed by atoms with Crippen LogP contribution in [0.3, 0.4) is 0 Å². The van der Waals surface area contributed by atoms with Crippen LogP contribution in [0.1, 0.15) is 27.5 Å². The standard InChI is InChI=1S/C23H22N4O6/c1-32-19(22(29)30)11-24-21(28)18-10-20(27-26-18)25-23(31)33-12-17-15-8-4-2-6-13(15)14-7-3-5-9-16(14)17/h2-10,17,19H,11-12H2,1H3,(H,24,28)(H,29,30)(H2,25,26,27,31). The molecular formula is C23H22N4O6. The number of benzene rings is 2. The van der Waals surface area contributed by atoms with Gasteiger partial charge in [-0.1, -0.05) is 48.5 Å². The van der Waals surface area contributed by atoms with E-state index in [4.69, 9.17) is 14.6 Å². The van der Waals surface area contributed by atoms with Crippen molar-refractivity contribution < 1.29 is 29.0 Å². The van der Waals surface area contributed by atoms with Crippen molar-refractivity contribution in [3.05, 3.63) is 71.4 Å². The first kappa shape index (κ1) is 22.0. The lowest BCUT2D eigenvalue weighted by atomic mass is 9.98. The number of H-pyrrole nitrogens is 1. The van der Waals surface area contributed by atoms with Gasteiger partial charge in [0.25, 0.3) is 5.91 Å². The van der Waals surface area contributed by atoms with Gasteiger partial charge >= 0.3 is 12.1 Å². The van der Waals surface area contributed by atoms with Crippen LogP contribution < -0.4 is 10.6 Å². The van der Waals surface area contributed by atoms with Gasteiger partial charge in [-0.3, -0.25) is 15.2 Å². The van der Waals surface area contributed by atoms with Gasteiger partial charge < -0.3 is 19.9 Å². The predicted octanol–water partition coefficient (Wildman–Crippen LogP) is 2.60. The van der Waals surface area contributed by atoms with Crippen LogP contribution in [-0.4, -0.2) is 59.6 Å². The summed E-state index contributed by atoms with van der Waals surface area (Å²) in [6.07, 6.45) is -1.88. The zero-order chi connectivity index (χ0) is 23.4. The second kappa shape index (κ2) is 9.53. The van der Waals surface area contributed by atoms with Gasteiger partial charge in [0, 0.05) is 19.1 Å². The van der Waals surface area contributed by atoms with E-state index >= 15 is 0 Å². The normalized spacial score (nSPS) is 13.0. The monoisotopic (exact) mass is 450 g/mol. The third kappa shape index (κ3) is 4.70. The molecule has 1 atom stereocenters. The lowest BCUT2D eigenvalue weighted by molar-refractivity contribution is -0.148. The summed E-state index contributed by atoms with van der Waals surface area (Å²) in [6, 6.07) is 17.3. The molecule has 170 valence electrons. The summed E-state index contributed by atoms with van der Waals surface area (Å²) in [5.41, 5.74) is 4.50. The van der Waals surface area contributed by atoms with Crippen LogP contribution in [0.4, 0.5) is 10.6 Å². The van der Waals surface area contributed by atoms with Gasteiger partial charge in [-0.15, -0.1) is 0 Å². The second-order valence-corrected chi connectivity index (χ2v) is 7.39. The Hall–Kier alpha value is -4.18. The summed E-state index contributed by atoms with van der Waals surface area (Å²) >= 11 is 0. The Morgan fingerprint density at radius 3 is 2.33 bits per heavy atom. The van der Waals surface area contributed by atoms with Gasteiger partial charge in [0.1, 0.15) is 12.3 Å². The van der Waals surface area contributed by atoms with Crippen LogP contribution in [0.15, 0.2) is 54.6 Å². The third-order valence-electron chi connectivity index (χ3n) is 5.40. The highest BCUT2D eigenvalue weighted by atomic mass is 16.5. The number of hydrogen-bond donors (Lipinski definition) is 4. The fourth-order valence-corrected chi connectivity index (χ4v) is 3.79. The number of aromatic nitrogens is 2. The number of carbonyl (C=O) groups excluding carboxylic acids is 2. The first-order valence-electron chi connectivity index (χ1n) is 10.2. The van der Waals surface area contributed by atoms with E-state index in [0.717, 1.165) is 22.3 Å². The number of aromatic amines is 1. The number of nitrogens with zero attached hydrogens (tertiary/aromatic N) is 1. The SMILES string of the molecule is COC(CNC(=O)c1cc(NC(=O)OCC2c3ccccc3-c3ccccc32)n[nH]1)C(=O)O. The number of fused-ring (bicyclic) bond motifs is 3. The molecule has 2 aromatic carbocycles. The first-order valence-corrected chi connectivity index (χ1v) is 10.2. The fraction of sp³-hybridized carbons (Fsp3) is 0.217. The largest absolute Gasteiger partial charge is 0.479 e. The number of amides is 2. The molecule has 2 amide bonds. The molecule has 10 heteroatoms. The number of carboxylic acids is 1. The number of nitrogens with one attached hydrogen (secondary N) is 3. The minimum absolute atomic E-state index is 0.0455. The van der Waals surface area contributed by atoms with Gasteiger partial charge in [-0.05, 0) is 22.3 Å². The average molecular weight is 450 g/mol. The summed E-state index contributed by atoms with van der Waals surface area (Å²) in [5, 5.41) is 20.2. The Morgan fingerprint density at radius 2 is 1.73 bits per heavy atom. The number of carboxylic acid groups (broad SMARTS) is 1. The zero-order valence-electron chi connectivity index (χ0n) is 17.7. The first-order chi connectivity index (χ1) is 16.0. The van der Waals surface area contributed by atoms with Crippen molar-refractivity contribution >= 4 is 23.8 Å². The molecule has 0 fully saturated rings. The van der Waals surface area contributed by atoms with Gasteiger partial charge in [-0.2, -0.15) is 5.10 Å². The molecule has 1 aliphatic carbocycles. The summed E-state index contributed by atoms with van der Waals surface area (Å²) in [6.45, 7) is -0.0793. The highest BCUT2D eigenvalue weighted by Crippen LogP contribution is 2.44. The van der Waals surface area contributed by atoms with Gasteiger partial charge in [0.2, 0.25) is 0 Å². The predicted molar refractivity (Wildman–Crippen MR) is 118 cm³/mol.